The van der Waals surface area contributed by atoms with E-state index in [9.17, 15) is 14.9 Å². The lowest BCUT2D eigenvalue weighted by atomic mass is 9.93. The number of hydrogen-bond acceptors (Lipinski definition) is 3. The largest absolute Gasteiger partial charge is 0.341 e. The first-order chi connectivity index (χ1) is 14.0. The summed E-state index contributed by atoms with van der Waals surface area (Å²) in [5.74, 6) is -0.268. The minimum absolute atomic E-state index is 0.00609. The molecule has 0 bridgehead atoms. The Balaban J connectivity index is 1.38. The van der Waals surface area contributed by atoms with E-state index in [1.165, 1.54) is 12.8 Å². The van der Waals surface area contributed by atoms with E-state index in [1.54, 1.807) is 25.1 Å². The van der Waals surface area contributed by atoms with E-state index in [4.69, 9.17) is 0 Å². The van der Waals surface area contributed by atoms with Gasteiger partial charge >= 0.3 is 0 Å². The van der Waals surface area contributed by atoms with Gasteiger partial charge in [0.2, 0.25) is 5.91 Å². The van der Waals surface area contributed by atoms with Crippen LogP contribution in [0.25, 0.3) is 11.1 Å². The molecule has 1 aliphatic heterocycles. The Kier molecular flexibility index (Phi) is 5.10. The van der Waals surface area contributed by atoms with E-state index in [-0.39, 0.29) is 11.8 Å². The average Bonchev–Trinajstić information content (AvgIpc) is 3.52. The zero-order valence-electron chi connectivity index (χ0n) is 16.6. The van der Waals surface area contributed by atoms with Crippen LogP contribution in [0.5, 0.6) is 0 Å². The van der Waals surface area contributed by atoms with Crippen molar-refractivity contribution >= 4 is 11.8 Å². The smallest absolute Gasteiger partial charge is 0.251 e. The maximum atomic E-state index is 12.7. The second kappa shape index (κ2) is 7.71. The minimum Gasteiger partial charge on any atom is -0.341 e. The van der Waals surface area contributed by atoms with Gasteiger partial charge in [0.1, 0.15) is 6.04 Å². The van der Waals surface area contributed by atoms with Crippen molar-refractivity contribution in [2.45, 2.75) is 38.6 Å². The second-order valence-electron chi connectivity index (χ2n) is 8.26. The number of carbonyl (C=O) groups is 2. The maximum absolute atomic E-state index is 12.7. The molecular weight excluding hydrogens is 362 g/mol. The van der Waals surface area contributed by atoms with Gasteiger partial charge in [0.25, 0.3) is 5.91 Å². The van der Waals surface area contributed by atoms with Gasteiger partial charge in [-0.25, -0.2) is 0 Å². The maximum Gasteiger partial charge on any atom is 0.251 e. The van der Waals surface area contributed by atoms with Gasteiger partial charge in [-0.2, -0.15) is 5.26 Å². The lowest BCUT2D eigenvalue weighted by Gasteiger charge is -2.33. The molecule has 2 fully saturated rings. The van der Waals surface area contributed by atoms with Gasteiger partial charge in [-0.15, -0.1) is 0 Å². The van der Waals surface area contributed by atoms with Crippen LogP contribution in [0.1, 0.15) is 48.5 Å². The third-order valence-electron chi connectivity index (χ3n) is 6.32. The summed E-state index contributed by atoms with van der Waals surface area (Å²) >= 11 is 0. The molecule has 0 unspecified atom stereocenters. The molecule has 2 aromatic rings. The lowest BCUT2D eigenvalue weighted by Crippen LogP contribution is -2.49. The summed E-state index contributed by atoms with van der Waals surface area (Å²) in [6.45, 7) is 3.34. The molecule has 5 heteroatoms. The van der Waals surface area contributed by atoms with E-state index in [1.807, 2.05) is 35.2 Å². The summed E-state index contributed by atoms with van der Waals surface area (Å²) in [5.41, 5.74) is 3.33. The predicted molar refractivity (Wildman–Crippen MR) is 111 cm³/mol. The molecule has 4 rings (SSSR count). The zero-order chi connectivity index (χ0) is 20.4. The van der Waals surface area contributed by atoms with Crippen molar-refractivity contribution in [1.29, 1.82) is 5.26 Å². The Labute approximate surface area is 171 Å². The molecule has 2 amide bonds. The second-order valence-corrected chi connectivity index (χ2v) is 8.26. The quantitative estimate of drug-likeness (QED) is 0.868. The van der Waals surface area contributed by atoms with E-state index in [2.05, 4.69) is 11.4 Å². The van der Waals surface area contributed by atoms with Crippen LogP contribution in [0.15, 0.2) is 48.5 Å². The van der Waals surface area contributed by atoms with Crippen molar-refractivity contribution in [2.24, 2.45) is 5.41 Å². The molecule has 5 nitrogen and oxygen atoms in total. The highest BCUT2D eigenvalue weighted by Crippen LogP contribution is 2.53. The summed E-state index contributed by atoms with van der Waals surface area (Å²) < 4.78 is 0. The Morgan fingerprint density at radius 1 is 1.03 bits per heavy atom. The molecule has 1 N–H and O–H groups in total. The minimum atomic E-state index is -0.547. The van der Waals surface area contributed by atoms with Crippen LogP contribution >= 0.6 is 0 Å². The fourth-order valence-electron chi connectivity index (χ4n) is 4.13. The standard InChI is InChI=1S/C24H25N3O2/c1-17(23(29)27-14-12-24(10-11-24)13-15-27)26-22(28)19-8-6-18(7-9-19)21-5-3-2-4-20(21)16-25/h2-9,17H,10-15H2,1H3,(H,26,28)/t17-/m0/s1. The normalized spacial score (nSPS) is 18.0. The van der Waals surface area contributed by atoms with Gasteiger partial charge in [0.05, 0.1) is 11.6 Å². The summed E-state index contributed by atoms with van der Waals surface area (Å²) in [6, 6.07) is 16.1. The number of carbonyl (C=O) groups excluding carboxylic acids is 2. The zero-order valence-corrected chi connectivity index (χ0v) is 16.6. The van der Waals surface area contributed by atoms with Crippen LogP contribution in [-0.4, -0.2) is 35.8 Å². The number of nitrogens with zero attached hydrogens (tertiary/aromatic N) is 2. The lowest BCUT2D eigenvalue weighted by molar-refractivity contribution is -0.134. The first kappa shape index (κ1) is 19.2. The fourth-order valence-corrected chi connectivity index (χ4v) is 4.13. The number of nitrogens with one attached hydrogen (secondary N) is 1. The van der Waals surface area contributed by atoms with E-state index in [0.717, 1.165) is 37.1 Å². The van der Waals surface area contributed by atoms with Crippen LogP contribution < -0.4 is 5.32 Å². The number of likely N-dealkylation sites (tertiary alicyclic amines) is 1. The number of rotatable bonds is 4. The molecule has 1 saturated carbocycles. The topological polar surface area (TPSA) is 73.2 Å². The number of nitriles is 1. The Morgan fingerprint density at radius 2 is 1.69 bits per heavy atom. The van der Waals surface area contributed by atoms with Crippen LogP contribution in [0, 0.1) is 16.7 Å². The van der Waals surface area contributed by atoms with Crippen molar-refractivity contribution < 1.29 is 9.59 Å². The van der Waals surface area contributed by atoms with Gasteiger partial charge in [-0.05, 0) is 67.3 Å². The van der Waals surface area contributed by atoms with Gasteiger partial charge in [0, 0.05) is 18.7 Å². The molecule has 1 heterocycles. The highest BCUT2D eigenvalue weighted by atomic mass is 16.2. The van der Waals surface area contributed by atoms with Crippen molar-refractivity contribution in [3.8, 4) is 17.2 Å². The molecule has 2 aromatic carbocycles. The summed E-state index contributed by atoms with van der Waals surface area (Å²) in [5, 5.41) is 12.1. The van der Waals surface area contributed by atoms with Crippen LogP contribution in [0.4, 0.5) is 0 Å². The Bertz CT molecular complexity index is 960. The SMILES string of the molecule is C[C@H](NC(=O)c1ccc(-c2ccccc2C#N)cc1)C(=O)N1CCC2(CC1)CC2. The van der Waals surface area contributed by atoms with Crippen LogP contribution in [-0.2, 0) is 4.79 Å². The van der Waals surface area contributed by atoms with Crippen molar-refractivity contribution in [3.63, 3.8) is 0 Å². The first-order valence-electron chi connectivity index (χ1n) is 10.2. The first-order valence-corrected chi connectivity index (χ1v) is 10.2. The number of benzene rings is 2. The molecule has 1 saturated heterocycles. The third-order valence-corrected chi connectivity index (χ3v) is 6.32. The molecule has 1 aliphatic carbocycles. The monoisotopic (exact) mass is 387 g/mol. The van der Waals surface area contributed by atoms with Gasteiger partial charge in [0.15, 0.2) is 0 Å². The molecule has 0 radical (unpaired) electrons. The third kappa shape index (κ3) is 4.02. The highest BCUT2D eigenvalue weighted by molar-refractivity contribution is 5.97. The molecule has 148 valence electrons. The van der Waals surface area contributed by atoms with E-state index >= 15 is 0 Å². The predicted octanol–water partition coefficient (Wildman–Crippen LogP) is 3.75. The number of amides is 2. The van der Waals surface area contributed by atoms with Crippen molar-refractivity contribution in [3.05, 3.63) is 59.7 Å². The number of piperidine rings is 1. The molecule has 2 aliphatic rings. The van der Waals surface area contributed by atoms with Gasteiger partial charge < -0.3 is 10.2 Å². The van der Waals surface area contributed by atoms with E-state index in [0.29, 0.717) is 16.5 Å². The van der Waals surface area contributed by atoms with Crippen molar-refractivity contribution in [1.82, 2.24) is 10.2 Å². The van der Waals surface area contributed by atoms with Gasteiger partial charge in [-0.1, -0.05) is 30.3 Å². The molecular formula is C24H25N3O2. The van der Waals surface area contributed by atoms with Crippen LogP contribution in [0.2, 0.25) is 0 Å². The Morgan fingerprint density at radius 3 is 2.31 bits per heavy atom. The van der Waals surface area contributed by atoms with Gasteiger partial charge in [-0.3, -0.25) is 9.59 Å². The molecule has 0 aromatic heterocycles. The Hall–Kier alpha value is -3.13. The summed E-state index contributed by atoms with van der Waals surface area (Å²) in [6.07, 6.45) is 4.78. The molecule has 1 spiro atoms. The highest BCUT2D eigenvalue weighted by Gasteiger charge is 2.45. The van der Waals surface area contributed by atoms with Crippen LogP contribution in [0.3, 0.4) is 0 Å². The molecule has 29 heavy (non-hydrogen) atoms. The fraction of sp³-hybridized carbons (Fsp3) is 0.375. The summed E-state index contributed by atoms with van der Waals surface area (Å²) in [4.78, 5) is 27.2. The van der Waals surface area contributed by atoms with Crippen molar-refractivity contribution in [2.75, 3.05) is 13.1 Å². The summed E-state index contributed by atoms with van der Waals surface area (Å²) in [7, 11) is 0. The van der Waals surface area contributed by atoms with E-state index < -0.39 is 6.04 Å². The average molecular weight is 387 g/mol. The number of hydrogen-bond donors (Lipinski definition) is 1. The molecule has 1 atom stereocenters.